The Morgan fingerprint density at radius 3 is 2.41 bits per heavy atom. The predicted octanol–water partition coefficient (Wildman–Crippen LogP) is 3.04. The molecule has 0 unspecified atom stereocenters. The van der Waals surface area contributed by atoms with Crippen LogP contribution in [0.5, 0.6) is 0 Å². The molecule has 1 aromatic rings. The number of esters is 1. The Bertz CT molecular complexity index is 537. The maximum absolute atomic E-state index is 12.3. The second-order valence-corrected chi connectivity index (χ2v) is 7.31. The number of anilines is 1. The number of hydrogen-bond acceptors (Lipinski definition) is 5. The van der Waals surface area contributed by atoms with Gasteiger partial charge in [-0.15, -0.1) is 0 Å². The second-order valence-electron chi connectivity index (χ2n) is 7.31. The van der Waals surface area contributed by atoms with Crippen LogP contribution in [0.4, 0.5) is 5.82 Å². The van der Waals surface area contributed by atoms with Gasteiger partial charge in [-0.1, -0.05) is 0 Å². The number of morpholine rings is 1. The Labute approximate surface area is 132 Å². The van der Waals surface area contributed by atoms with E-state index in [1.807, 2.05) is 13.8 Å². The summed E-state index contributed by atoms with van der Waals surface area (Å²) in [5.41, 5.74) is -0.110. The largest absolute Gasteiger partial charge is 0.459 e. The minimum absolute atomic E-state index is 0.155. The summed E-state index contributed by atoms with van der Waals surface area (Å²) >= 11 is 0. The van der Waals surface area contributed by atoms with Gasteiger partial charge in [0.05, 0.1) is 17.3 Å². The number of aromatic nitrogens is 1. The van der Waals surface area contributed by atoms with Crippen molar-refractivity contribution in [2.24, 2.45) is 0 Å². The average molecular weight is 306 g/mol. The lowest BCUT2D eigenvalue weighted by Crippen LogP contribution is -2.57. The maximum atomic E-state index is 12.3. The van der Waals surface area contributed by atoms with Gasteiger partial charge in [0.25, 0.3) is 0 Å². The topological polar surface area (TPSA) is 51.7 Å². The van der Waals surface area contributed by atoms with Gasteiger partial charge in [0.2, 0.25) is 0 Å². The number of carbonyl (C=O) groups is 1. The summed E-state index contributed by atoms with van der Waals surface area (Å²) < 4.78 is 11.4. The van der Waals surface area contributed by atoms with E-state index in [4.69, 9.17) is 9.47 Å². The summed E-state index contributed by atoms with van der Waals surface area (Å²) in [5.74, 6) is 0.331. The molecule has 0 aromatic carbocycles. The number of carbonyl (C=O) groups excluding carboxylic acids is 1. The zero-order chi connectivity index (χ0) is 16.5. The summed E-state index contributed by atoms with van der Waals surface area (Å²) in [7, 11) is 0. The van der Waals surface area contributed by atoms with Crippen LogP contribution in [0, 0.1) is 0 Å². The first-order chi connectivity index (χ1) is 10.1. The fourth-order valence-corrected chi connectivity index (χ4v) is 3.02. The van der Waals surface area contributed by atoms with Crippen molar-refractivity contribution in [2.45, 2.75) is 58.8 Å². The summed E-state index contributed by atoms with van der Waals surface area (Å²) in [6, 6.07) is 3.53. The zero-order valence-electron chi connectivity index (χ0n) is 14.3. The molecule has 0 radical (unpaired) electrons. The molecule has 1 saturated heterocycles. The molecule has 2 rings (SSSR count). The standard InChI is InChI=1S/C17H26N2O3/c1-12(2)21-15(20)13-8-7-9-18-14(13)19-10-16(3,4)22-17(5,6)11-19/h7-9,12H,10-11H2,1-6H3. The molecular formula is C17H26N2O3. The van der Waals surface area contributed by atoms with Crippen LogP contribution in [0.2, 0.25) is 0 Å². The molecule has 0 atom stereocenters. The molecule has 1 aliphatic heterocycles. The zero-order valence-corrected chi connectivity index (χ0v) is 14.3. The monoisotopic (exact) mass is 306 g/mol. The molecule has 0 aliphatic carbocycles. The van der Waals surface area contributed by atoms with Crippen LogP contribution in [0.1, 0.15) is 51.9 Å². The van der Waals surface area contributed by atoms with Crippen LogP contribution in [0.25, 0.3) is 0 Å². The third-order valence-electron chi connectivity index (χ3n) is 3.34. The summed E-state index contributed by atoms with van der Waals surface area (Å²) in [5, 5.41) is 0. The highest BCUT2D eigenvalue weighted by Gasteiger charge is 2.39. The lowest BCUT2D eigenvalue weighted by Gasteiger charge is -2.47. The van der Waals surface area contributed by atoms with Gasteiger partial charge in [-0.05, 0) is 53.7 Å². The van der Waals surface area contributed by atoms with E-state index >= 15 is 0 Å². The van der Waals surface area contributed by atoms with Gasteiger partial charge >= 0.3 is 5.97 Å². The summed E-state index contributed by atoms with van der Waals surface area (Å²) in [6.45, 7) is 13.2. The van der Waals surface area contributed by atoms with Crippen LogP contribution in [0.15, 0.2) is 18.3 Å². The Morgan fingerprint density at radius 1 is 1.27 bits per heavy atom. The van der Waals surface area contributed by atoms with Gasteiger partial charge in [0.15, 0.2) is 0 Å². The Kier molecular flexibility index (Phi) is 4.47. The van der Waals surface area contributed by atoms with E-state index in [0.717, 1.165) is 0 Å². The average Bonchev–Trinajstić information content (AvgIpc) is 2.34. The fourth-order valence-electron chi connectivity index (χ4n) is 3.02. The van der Waals surface area contributed by atoms with Crippen LogP contribution >= 0.6 is 0 Å². The number of hydrogen-bond donors (Lipinski definition) is 0. The SMILES string of the molecule is CC(C)OC(=O)c1cccnc1N1CC(C)(C)OC(C)(C)C1. The van der Waals surface area contributed by atoms with Crippen molar-refractivity contribution in [1.82, 2.24) is 4.98 Å². The van der Waals surface area contributed by atoms with Crippen LogP contribution in [-0.2, 0) is 9.47 Å². The van der Waals surface area contributed by atoms with Gasteiger partial charge in [-0.3, -0.25) is 0 Å². The van der Waals surface area contributed by atoms with E-state index in [-0.39, 0.29) is 23.3 Å². The number of rotatable bonds is 3. The first-order valence-electron chi connectivity index (χ1n) is 7.71. The van der Waals surface area contributed by atoms with Crippen molar-refractivity contribution in [3.8, 4) is 0 Å². The van der Waals surface area contributed by atoms with Gasteiger partial charge in [0, 0.05) is 19.3 Å². The highest BCUT2D eigenvalue weighted by atomic mass is 16.5. The van der Waals surface area contributed by atoms with Crippen molar-refractivity contribution >= 4 is 11.8 Å². The quantitative estimate of drug-likeness (QED) is 0.803. The molecule has 5 nitrogen and oxygen atoms in total. The molecule has 0 bridgehead atoms. The van der Waals surface area contributed by atoms with Gasteiger partial charge < -0.3 is 14.4 Å². The fraction of sp³-hybridized carbons (Fsp3) is 0.647. The van der Waals surface area contributed by atoms with Crippen LogP contribution < -0.4 is 4.90 Å². The lowest BCUT2D eigenvalue weighted by molar-refractivity contribution is -0.133. The van der Waals surface area contributed by atoms with Crippen molar-refractivity contribution in [1.29, 1.82) is 0 Å². The van der Waals surface area contributed by atoms with E-state index < -0.39 is 0 Å². The third-order valence-corrected chi connectivity index (χ3v) is 3.34. The number of ether oxygens (including phenoxy) is 2. The van der Waals surface area contributed by atoms with E-state index in [2.05, 4.69) is 37.6 Å². The molecule has 2 heterocycles. The van der Waals surface area contributed by atoms with Crippen LogP contribution in [-0.4, -0.2) is 41.3 Å². The van der Waals surface area contributed by atoms with E-state index in [9.17, 15) is 4.79 Å². The Balaban J connectivity index is 2.34. The normalized spacial score (nSPS) is 20.0. The van der Waals surface area contributed by atoms with Crippen molar-refractivity contribution in [3.05, 3.63) is 23.9 Å². The highest BCUT2D eigenvalue weighted by Crippen LogP contribution is 2.32. The van der Waals surface area contributed by atoms with E-state index in [1.165, 1.54) is 0 Å². The Hall–Kier alpha value is -1.62. The minimum atomic E-state index is -0.333. The first kappa shape index (κ1) is 16.7. The molecule has 1 aliphatic rings. The number of nitrogens with zero attached hydrogens (tertiary/aromatic N) is 2. The number of pyridine rings is 1. The smallest absolute Gasteiger partial charge is 0.342 e. The highest BCUT2D eigenvalue weighted by molar-refractivity contribution is 5.94. The molecule has 1 fully saturated rings. The van der Waals surface area contributed by atoms with Crippen LogP contribution in [0.3, 0.4) is 0 Å². The molecular weight excluding hydrogens is 280 g/mol. The molecule has 0 saturated carbocycles. The van der Waals surface area contributed by atoms with Crippen molar-refractivity contribution in [2.75, 3.05) is 18.0 Å². The van der Waals surface area contributed by atoms with E-state index in [1.54, 1.807) is 18.3 Å². The van der Waals surface area contributed by atoms with Gasteiger partial charge in [-0.2, -0.15) is 0 Å². The van der Waals surface area contributed by atoms with Gasteiger partial charge in [0.1, 0.15) is 11.4 Å². The van der Waals surface area contributed by atoms with Crippen molar-refractivity contribution in [3.63, 3.8) is 0 Å². The minimum Gasteiger partial charge on any atom is -0.459 e. The van der Waals surface area contributed by atoms with E-state index in [0.29, 0.717) is 24.5 Å². The lowest BCUT2D eigenvalue weighted by atomic mass is 9.98. The Morgan fingerprint density at radius 2 is 1.86 bits per heavy atom. The molecule has 0 amide bonds. The second kappa shape index (κ2) is 5.88. The maximum Gasteiger partial charge on any atom is 0.342 e. The molecule has 22 heavy (non-hydrogen) atoms. The first-order valence-corrected chi connectivity index (χ1v) is 7.71. The summed E-state index contributed by atoms with van der Waals surface area (Å²) in [4.78, 5) is 18.9. The molecule has 5 heteroatoms. The molecule has 122 valence electrons. The molecule has 1 aromatic heterocycles. The predicted molar refractivity (Wildman–Crippen MR) is 86.2 cm³/mol. The van der Waals surface area contributed by atoms with Crippen molar-refractivity contribution < 1.29 is 14.3 Å². The summed E-state index contributed by atoms with van der Waals surface area (Å²) in [6.07, 6.45) is 1.55. The third kappa shape index (κ3) is 3.97. The van der Waals surface area contributed by atoms with Gasteiger partial charge in [-0.25, -0.2) is 9.78 Å². The molecule has 0 spiro atoms. The molecule has 0 N–H and O–H groups in total.